The van der Waals surface area contributed by atoms with Crippen LogP contribution in [0.4, 0.5) is 28.4 Å². The first kappa shape index (κ1) is 42.1. The van der Waals surface area contributed by atoms with Gasteiger partial charge in [-0.3, -0.25) is 20.2 Å². The number of nitrogens with one attached hydrogen (secondary N) is 1. The Kier molecular flexibility index (Phi) is 17.0. The van der Waals surface area contributed by atoms with Crippen LogP contribution in [-0.4, -0.2) is 124 Å². The molecule has 15 heteroatoms. The number of rotatable bonds is 4. The van der Waals surface area contributed by atoms with Gasteiger partial charge in [-0.05, 0) is 76.8 Å². The van der Waals surface area contributed by atoms with Gasteiger partial charge in [0, 0.05) is 106 Å². The quantitative estimate of drug-likeness (QED) is 0.184. The molecule has 3 saturated heterocycles. The molecule has 280 valence electrons. The summed E-state index contributed by atoms with van der Waals surface area (Å²) in [6, 6.07) is 14.4. The van der Waals surface area contributed by atoms with E-state index in [-0.39, 0.29) is 16.3 Å². The van der Waals surface area contributed by atoms with E-state index < -0.39 is 4.92 Å². The van der Waals surface area contributed by atoms with E-state index in [1.165, 1.54) is 36.5 Å². The zero-order valence-electron chi connectivity index (χ0n) is 30.7. The largest absolute Gasteiger partial charge is 0.397 e. The molecular weight excluding hydrogens is 782 g/mol. The second-order valence-electron chi connectivity index (χ2n) is 13.2. The molecule has 0 radical (unpaired) electrons. The maximum absolute atomic E-state index is 11.1. The number of piperazine rings is 3. The average molecular weight is 836 g/mol. The predicted molar refractivity (Wildman–Crippen MR) is 216 cm³/mol. The fraction of sp³-hybridized carbons (Fsp3) is 0.500. The van der Waals surface area contributed by atoms with Gasteiger partial charge in [0.25, 0.3) is 11.4 Å². The Balaban J connectivity index is 0.000000193. The van der Waals surface area contributed by atoms with E-state index in [0.717, 1.165) is 96.9 Å². The van der Waals surface area contributed by atoms with Crippen molar-refractivity contribution < 1.29 is 9.85 Å². The first-order valence-corrected chi connectivity index (χ1v) is 18.7. The Morgan fingerprint density at radius 2 is 1.14 bits per heavy atom. The summed E-state index contributed by atoms with van der Waals surface area (Å²) >= 11 is 6.56. The van der Waals surface area contributed by atoms with Crippen LogP contribution in [0.2, 0.25) is 0 Å². The SMILES string of the molecule is CN1CCNCC1.Cc1cc(N2CCN(C)CC2)c([N+](=O)[O-])cc1Br.Cc1ccc(N)c(N2CCN(C)CC2)c1.Cc1ccc([N+](=O)[O-])cc1Br. The highest BCUT2D eigenvalue weighted by Gasteiger charge is 2.24. The molecule has 3 aliphatic heterocycles. The zero-order valence-corrected chi connectivity index (χ0v) is 33.9. The van der Waals surface area contributed by atoms with Crippen LogP contribution in [0.1, 0.15) is 16.7 Å². The van der Waals surface area contributed by atoms with Gasteiger partial charge in [-0.15, -0.1) is 0 Å². The molecule has 3 aromatic rings. The molecule has 0 unspecified atom stereocenters. The number of benzene rings is 3. The summed E-state index contributed by atoms with van der Waals surface area (Å²) in [6.07, 6.45) is 0. The van der Waals surface area contributed by atoms with Crippen LogP contribution in [0.3, 0.4) is 0 Å². The molecule has 3 heterocycles. The average Bonchev–Trinajstić information content (AvgIpc) is 3.10. The Labute approximate surface area is 319 Å². The monoisotopic (exact) mass is 833 g/mol. The fourth-order valence-corrected chi connectivity index (χ4v) is 6.25. The molecule has 13 nitrogen and oxygen atoms in total. The van der Waals surface area contributed by atoms with Crippen molar-refractivity contribution in [2.45, 2.75) is 20.8 Å². The summed E-state index contributed by atoms with van der Waals surface area (Å²) in [7, 11) is 6.39. The summed E-state index contributed by atoms with van der Waals surface area (Å²) in [5.41, 5.74) is 12.4. The number of aryl methyl sites for hydroxylation is 3. The number of nitro benzene ring substituents is 2. The number of anilines is 3. The van der Waals surface area contributed by atoms with Crippen molar-refractivity contribution in [3.8, 4) is 0 Å². The number of non-ortho nitro benzene ring substituents is 1. The maximum Gasteiger partial charge on any atom is 0.293 e. The van der Waals surface area contributed by atoms with Gasteiger partial charge >= 0.3 is 0 Å². The van der Waals surface area contributed by atoms with E-state index in [1.54, 1.807) is 12.1 Å². The normalized spacial score (nSPS) is 16.9. The number of nitro groups is 2. The Bertz CT molecular complexity index is 1590. The Hall–Kier alpha value is -3.34. The van der Waals surface area contributed by atoms with Crippen LogP contribution in [-0.2, 0) is 0 Å². The molecule has 0 bridgehead atoms. The van der Waals surface area contributed by atoms with Crippen molar-refractivity contribution in [3.63, 3.8) is 0 Å². The molecule has 51 heavy (non-hydrogen) atoms. The van der Waals surface area contributed by atoms with Crippen LogP contribution < -0.4 is 20.9 Å². The minimum Gasteiger partial charge on any atom is -0.397 e. The lowest BCUT2D eigenvalue weighted by atomic mass is 10.1. The fourth-order valence-electron chi connectivity index (χ4n) is 5.55. The van der Waals surface area contributed by atoms with E-state index >= 15 is 0 Å². The highest BCUT2D eigenvalue weighted by atomic mass is 79.9. The van der Waals surface area contributed by atoms with E-state index in [2.05, 4.69) is 102 Å². The van der Waals surface area contributed by atoms with E-state index in [0.29, 0.717) is 0 Å². The smallest absolute Gasteiger partial charge is 0.293 e. The molecule has 3 aliphatic rings. The molecular formula is C36H53Br2N9O4. The van der Waals surface area contributed by atoms with Crippen molar-refractivity contribution in [2.24, 2.45) is 0 Å². The van der Waals surface area contributed by atoms with Crippen molar-refractivity contribution in [1.82, 2.24) is 20.0 Å². The molecule has 6 rings (SSSR count). The van der Waals surface area contributed by atoms with E-state index in [1.807, 2.05) is 26.0 Å². The van der Waals surface area contributed by atoms with Crippen molar-refractivity contribution in [1.29, 1.82) is 0 Å². The summed E-state index contributed by atoms with van der Waals surface area (Å²) in [6.45, 7) is 18.6. The highest BCUT2D eigenvalue weighted by Crippen LogP contribution is 2.34. The Morgan fingerprint density at radius 1 is 0.627 bits per heavy atom. The molecule has 0 aromatic heterocycles. The molecule has 0 atom stereocenters. The van der Waals surface area contributed by atoms with Gasteiger partial charge in [0.15, 0.2) is 0 Å². The number of nitrogens with two attached hydrogens (primary N) is 1. The molecule has 0 amide bonds. The topological polar surface area (TPSA) is 141 Å². The second-order valence-corrected chi connectivity index (χ2v) is 14.9. The van der Waals surface area contributed by atoms with Crippen molar-refractivity contribution in [3.05, 3.63) is 94.4 Å². The number of nitrogens with zero attached hydrogens (tertiary/aromatic N) is 7. The molecule has 3 N–H and O–H groups in total. The van der Waals surface area contributed by atoms with Crippen LogP contribution in [0.25, 0.3) is 0 Å². The van der Waals surface area contributed by atoms with Crippen LogP contribution in [0, 0.1) is 41.0 Å². The highest BCUT2D eigenvalue weighted by molar-refractivity contribution is 9.10. The number of halogens is 2. The molecule has 0 spiro atoms. The lowest BCUT2D eigenvalue weighted by molar-refractivity contribution is -0.385. The molecule has 0 aliphatic carbocycles. The number of nitrogen functional groups attached to an aromatic ring is 1. The summed E-state index contributed by atoms with van der Waals surface area (Å²) in [5.74, 6) is 0. The summed E-state index contributed by atoms with van der Waals surface area (Å²) in [5, 5.41) is 24.7. The van der Waals surface area contributed by atoms with E-state index in [9.17, 15) is 20.2 Å². The third-order valence-electron chi connectivity index (χ3n) is 9.03. The predicted octanol–water partition coefficient (Wildman–Crippen LogP) is 5.93. The van der Waals surface area contributed by atoms with E-state index in [4.69, 9.17) is 5.73 Å². The Morgan fingerprint density at radius 3 is 1.61 bits per heavy atom. The van der Waals surface area contributed by atoms with Crippen LogP contribution in [0.15, 0.2) is 57.5 Å². The molecule has 3 aromatic carbocycles. The first-order valence-electron chi connectivity index (χ1n) is 17.1. The first-order chi connectivity index (χ1) is 24.2. The van der Waals surface area contributed by atoms with Gasteiger partial charge in [-0.1, -0.05) is 44.0 Å². The zero-order chi connectivity index (χ0) is 37.7. The second kappa shape index (κ2) is 20.6. The standard InChI is InChI=1S/C12H16BrN3O2.C12H19N3.C7H6BrNO2.C5H12N2/c1-9-7-11(12(16(17)18)8-10(9)13)15-5-3-14(2)4-6-15;1-10-3-4-11(13)12(9-10)15-7-5-14(2)6-8-15;1-5-2-3-6(9(10)11)4-7(5)8;1-7-4-2-6-3-5-7/h7-8H,3-6H2,1-2H3;3-4,9H,5-8,13H2,1-2H3;2-4H,1H3;6H,2-5H2,1H3. The van der Waals surface area contributed by atoms with Gasteiger partial charge < -0.3 is 35.6 Å². The van der Waals surface area contributed by atoms with Crippen molar-refractivity contribution >= 4 is 60.3 Å². The third kappa shape index (κ3) is 13.6. The summed E-state index contributed by atoms with van der Waals surface area (Å²) < 4.78 is 1.55. The lowest BCUT2D eigenvalue weighted by Crippen LogP contribution is -2.44. The van der Waals surface area contributed by atoms with Gasteiger partial charge in [0.2, 0.25) is 0 Å². The van der Waals surface area contributed by atoms with Crippen molar-refractivity contribution in [2.75, 3.05) is 115 Å². The number of hydrogen-bond donors (Lipinski definition) is 2. The number of likely N-dealkylation sites (N-methyl/N-ethyl adjacent to an activating group) is 3. The molecule has 3 fully saturated rings. The van der Waals surface area contributed by atoms with Gasteiger partial charge in [-0.25, -0.2) is 0 Å². The number of hydrogen-bond acceptors (Lipinski definition) is 11. The maximum atomic E-state index is 11.1. The minimum atomic E-state index is -0.412. The van der Waals surface area contributed by atoms with Crippen LogP contribution >= 0.6 is 31.9 Å². The van der Waals surface area contributed by atoms with Gasteiger partial charge in [0.1, 0.15) is 5.69 Å². The molecule has 0 saturated carbocycles. The lowest BCUT2D eigenvalue weighted by Gasteiger charge is -2.34. The van der Waals surface area contributed by atoms with Gasteiger partial charge in [0.05, 0.1) is 21.2 Å². The third-order valence-corrected chi connectivity index (χ3v) is 10.7. The van der Waals surface area contributed by atoms with Crippen LogP contribution in [0.5, 0.6) is 0 Å². The minimum absolute atomic E-state index is 0.113. The van der Waals surface area contributed by atoms with Gasteiger partial charge in [-0.2, -0.15) is 0 Å². The summed E-state index contributed by atoms with van der Waals surface area (Å²) in [4.78, 5) is 32.1.